The number of carboxylic acid groups (broad SMARTS) is 1. The Hall–Kier alpha value is -3.10. The van der Waals surface area contributed by atoms with Crippen LogP contribution in [0.3, 0.4) is 0 Å². The van der Waals surface area contributed by atoms with E-state index in [-0.39, 0.29) is 5.56 Å². The second-order valence-corrected chi connectivity index (χ2v) is 6.18. The molecular formula is C20H12BrNO3. The van der Waals surface area contributed by atoms with Gasteiger partial charge in [0.2, 0.25) is 0 Å². The smallest absolute Gasteiger partial charge is 0.335 e. The van der Waals surface area contributed by atoms with Gasteiger partial charge in [0.05, 0.1) is 17.2 Å². The summed E-state index contributed by atoms with van der Waals surface area (Å²) in [5.74, 6) is 0.249. The lowest BCUT2D eigenvalue weighted by Crippen LogP contribution is -1.95. The summed E-state index contributed by atoms with van der Waals surface area (Å²) in [6.07, 6.45) is 1.64. The Morgan fingerprint density at radius 1 is 1.08 bits per heavy atom. The average molecular weight is 394 g/mol. The van der Waals surface area contributed by atoms with Crippen LogP contribution in [0.2, 0.25) is 0 Å². The quantitative estimate of drug-likeness (QED) is 0.596. The van der Waals surface area contributed by atoms with Crippen LogP contribution in [0.4, 0.5) is 0 Å². The summed E-state index contributed by atoms with van der Waals surface area (Å²) in [4.78, 5) is 10.9. The number of halogens is 1. The molecule has 0 spiro atoms. The van der Waals surface area contributed by atoms with E-state index < -0.39 is 5.97 Å². The van der Waals surface area contributed by atoms with Crippen LogP contribution in [0.5, 0.6) is 0 Å². The van der Waals surface area contributed by atoms with Crippen LogP contribution in [0, 0.1) is 11.3 Å². The van der Waals surface area contributed by atoms with Gasteiger partial charge in [-0.05, 0) is 48.0 Å². The van der Waals surface area contributed by atoms with Crippen molar-refractivity contribution in [1.82, 2.24) is 0 Å². The molecule has 122 valence electrons. The van der Waals surface area contributed by atoms with Crippen molar-refractivity contribution < 1.29 is 14.3 Å². The number of rotatable bonds is 4. The van der Waals surface area contributed by atoms with Crippen molar-refractivity contribution in [2.45, 2.75) is 0 Å². The summed E-state index contributed by atoms with van der Waals surface area (Å²) < 4.78 is 6.75. The first-order valence-corrected chi connectivity index (χ1v) is 8.17. The first-order valence-electron chi connectivity index (χ1n) is 7.38. The lowest BCUT2D eigenvalue weighted by atomic mass is 10.0. The number of nitrogens with zero attached hydrogens (tertiary/aromatic N) is 1. The minimum absolute atomic E-state index is 0.177. The molecule has 0 aliphatic rings. The van der Waals surface area contributed by atoms with Crippen molar-refractivity contribution >= 4 is 33.5 Å². The largest absolute Gasteiger partial charge is 0.478 e. The topological polar surface area (TPSA) is 74.2 Å². The molecule has 3 rings (SSSR count). The van der Waals surface area contributed by atoms with Gasteiger partial charge in [-0.25, -0.2) is 4.79 Å². The average Bonchev–Trinajstić information content (AvgIpc) is 3.08. The van der Waals surface area contributed by atoms with Crippen LogP contribution in [-0.2, 0) is 0 Å². The molecule has 0 aliphatic heterocycles. The molecule has 1 aromatic heterocycles. The predicted molar refractivity (Wildman–Crippen MR) is 98.7 cm³/mol. The maximum atomic E-state index is 10.9. The van der Waals surface area contributed by atoms with Gasteiger partial charge < -0.3 is 9.52 Å². The SMILES string of the molecule is N#C/C(=C/c1ccc(-c2cccc(Br)c2)o1)c1ccc(C(=O)O)cc1. The Bertz CT molecular complexity index is 994. The van der Waals surface area contributed by atoms with Gasteiger partial charge >= 0.3 is 5.97 Å². The van der Waals surface area contributed by atoms with E-state index in [1.165, 1.54) is 12.1 Å². The highest BCUT2D eigenvalue weighted by Crippen LogP contribution is 2.27. The lowest BCUT2D eigenvalue weighted by Gasteiger charge is -2.00. The minimum atomic E-state index is -1.00. The normalized spacial score (nSPS) is 11.1. The number of carbonyl (C=O) groups is 1. The van der Waals surface area contributed by atoms with Crippen molar-refractivity contribution in [1.29, 1.82) is 5.26 Å². The van der Waals surface area contributed by atoms with Crippen molar-refractivity contribution in [2.24, 2.45) is 0 Å². The van der Waals surface area contributed by atoms with Crippen molar-refractivity contribution in [3.05, 3.63) is 82.0 Å². The van der Waals surface area contributed by atoms with Crippen LogP contribution in [-0.4, -0.2) is 11.1 Å². The van der Waals surface area contributed by atoms with E-state index in [0.29, 0.717) is 22.7 Å². The van der Waals surface area contributed by atoms with Crippen molar-refractivity contribution in [2.75, 3.05) is 0 Å². The molecule has 0 bridgehead atoms. The Morgan fingerprint density at radius 3 is 2.44 bits per heavy atom. The molecule has 0 amide bonds. The number of furan rings is 1. The van der Waals surface area contributed by atoms with Gasteiger partial charge in [0.1, 0.15) is 11.5 Å². The summed E-state index contributed by atoms with van der Waals surface area (Å²) in [7, 11) is 0. The highest BCUT2D eigenvalue weighted by Gasteiger charge is 2.08. The molecule has 25 heavy (non-hydrogen) atoms. The van der Waals surface area contributed by atoms with E-state index in [9.17, 15) is 10.1 Å². The van der Waals surface area contributed by atoms with Crippen LogP contribution in [0.1, 0.15) is 21.7 Å². The highest BCUT2D eigenvalue weighted by atomic mass is 79.9. The van der Waals surface area contributed by atoms with Crippen molar-refractivity contribution in [3.8, 4) is 17.4 Å². The third-order valence-electron chi connectivity index (χ3n) is 3.59. The second kappa shape index (κ2) is 7.20. The molecule has 0 radical (unpaired) electrons. The zero-order valence-electron chi connectivity index (χ0n) is 12.9. The molecule has 0 atom stereocenters. The number of hydrogen-bond donors (Lipinski definition) is 1. The molecule has 4 nitrogen and oxygen atoms in total. The molecule has 0 unspecified atom stereocenters. The molecular weight excluding hydrogens is 382 g/mol. The number of allylic oxidation sites excluding steroid dienone is 1. The summed E-state index contributed by atoms with van der Waals surface area (Å²) >= 11 is 3.43. The van der Waals surface area contributed by atoms with Gasteiger partial charge in [0, 0.05) is 10.0 Å². The summed E-state index contributed by atoms with van der Waals surface area (Å²) in [5.41, 5.74) is 2.13. The number of nitriles is 1. The van der Waals surface area contributed by atoms with Gasteiger partial charge in [-0.2, -0.15) is 5.26 Å². The highest BCUT2D eigenvalue weighted by molar-refractivity contribution is 9.10. The molecule has 1 N–H and O–H groups in total. The number of aromatic carboxylic acids is 1. The Labute approximate surface area is 152 Å². The third-order valence-corrected chi connectivity index (χ3v) is 4.08. The lowest BCUT2D eigenvalue weighted by molar-refractivity contribution is 0.0697. The van der Waals surface area contributed by atoms with Crippen LogP contribution >= 0.6 is 15.9 Å². The Kier molecular flexibility index (Phi) is 4.82. The van der Waals surface area contributed by atoms with Gasteiger partial charge in [0.25, 0.3) is 0 Å². The van der Waals surface area contributed by atoms with Crippen LogP contribution in [0.15, 0.2) is 69.6 Å². The molecule has 1 heterocycles. The van der Waals surface area contributed by atoms with E-state index in [1.54, 1.807) is 24.3 Å². The van der Waals surface area contributed by atoms with E-state index in [4.69, 9.17) is 9.52 Å². The van der Waals surface area contributed by atoms with Crippen LogP contribution < -0.4 is 0 Å². The number of carboxylic acids is 1. The fraction of sp³-hybridized carbons (Fsp3) is 0. The molecule has 0 aliphatic carbocycles. The summed E-state index contributed by atoms with van der Waals surface area (Å²) in [6, 6.07) is 19.6. The predicted octanol–water partition coefficient (Wildman–Crippen LogP) is 5.47. The summed E-state index contributed by atoms with van der Waals surface area (Å²) in [5, 5.41) is 18.3. The molecule has 3 aromatic rings. The summed E-state index contributed by atoms with van der Waals surface area (Å²) in [6.45, 7) is 0. The Morgan fingerprint density at radius 2 is 1.80 bits per heavy atom. The minimum Gasteiger partial charge on any atom is -0.478 e. The fourth-order valence-electron chi connectivity index (χ4n) is 2.34. The zero-order chi connectivity index (χ0) is 17.8. The second-order valence-electron chi connectivity index (χ2n) is 5.26. The maximum Gasteiger partial charge on any atom is 0.335 e. The molecule has 0 saturated carbocycles. The van der Waals surface area contributed by atoms with Crippen molar-refractivity contribution in [3.63, 3.8) is 0 Å². The van der Waals surface area contributed by atoms with Crippen LogP contribution in [0.25, 0.3) is 23.0 Å². The van der Waals surface area contributed by atoms with Gasteiger partial charge in [-0.1, -0.05) is 40.2 Å². The molecule has 2 aromatic carbocycles. The number of benzene rings is 2. The maximum absolute atomic E-state index is 10.9. The van der Waals surface area contributed by atoms with E-state index in [2.05, 4.69) is 22.0 Å². The molecule has 0 fully saturated rings. The Balaban J connectivity index is 1.90. The molecule has 0 saturated heterocycles. The first-order chi connectivity index (χ1) is 12.1. The number of hydrogen-bond acceptors (Lipinski definition) is 3. The third kappa shape index (κ3) is 3.87. The monoisotopic (exact) mass is 393 g/mol. The fourth-order valence-corrected chi connectivity index (χ4v) is 2.74. The molecule has 5 heteroatoms. The van der Waals surface area contributed by atoms with Gasteiger partial charge in [-0.15, -0.1) is 0 Å². The zero-order valence-corrected chi connectivity index (χ0v) is 14.5. The standard InChI is InChI=1S/C20H12BrNO3/c21-17-3-1-2-15(10-17)19-9-8-18(25-19)11-16(12-22)13-4-6-14(7-5-13)20(23)24/h1-11H,(H,23,24)/b16-11-. The van der Waals surface area contributed by atoms with E-state index >= 15 is 0 Å². The van der Waals surface area contributed by atoms with Gasteiger partial charge in [-0.3, -0.25) is 0 Å². The first kappa shape index (κ1) is 16.7. The van der Waals surface area contributed by atoms with E-state index in [0.717, 1.165) is 10.0 Å². The van der Waals surface area contributed by atoms with E-state index in [1.807, 2.05) is 30.3 Å². The van der Waals surface area contributed by atoms with Gasteiger partial charge in [0.15, 0.2) is 0 Å².